The standard InChI is InChI=1S/C18H16ClFO3/c1-11-2-5-14(19)8-13(11)9-17(22)18(23)10-16(21)12-3-6-15(20)7-4-12/h2-8,18,23H,9-10H2,1H3/t18-/m0/s1. The van der Waals surface area contributed by atoms with Gasteiger partial charge >= 0.3 is 0 Å². The average Bonchev–Trinajstić information content (AvgIpc) is 2.51. The molecule has 0 unspecified atom stereocenters. The normalized spacial score (nSPS) is 12.0. The van der Waals surface area contributed by atoms with Gasteiger partial charge in [-0.3, -0.25) is 9.59 Å². The van der Waals surface area contributed by atoms with E-state index >= 15 is 0 Å². The number of carbonyl (C=O) groups is 2. The number of Topliss-reactive ketones (excluding diaryl/α,β-unsaturated/α-hetero) is 2. The fourth-order valence-electron chi connectivity index (χ4n) is 2.18. The smallest absolute Gasteiger partial charge is 0.166 e. The van der Waals surface area contributed by atoms with Crippen LogP contribution >= 0.6 is 11.6 Å². The highest BCUT2D eigenvalue weighted by Crippen LogP contribution is 2.17. The summed E-state index contributed by atoms with van der Waals surface area (Å²) in [6.07, 6.45) is -1.72. The molecule has 5 heteroatoms. The van der Waals surface area contributed by atoms with Gasteiger partial charge in [-0.05, 0) is 54.4 Å². The number of carbonyl (C=O) groups excluding carboxylic acids is 2. The third-order valence-corrected chi connectivity index (χ3v) is 3.83. The van der Waals surface area contributed by atoms with Crippen LogP contribution in [0.1, 0.15) is 27.9 Å². The highest BCUT2D eigenvalue weighted by molar-refractivity contribution is 6.30. The molecule has 3 nitrogen and oxygen atoms in total. The van der Waals surface area contributed by atoms with E-state index in [9.17, 15) is 19.1 Å². The zero-order valence-corrected chi connectivity index (χ0v) is 13.3. The lowest BCUT2D eigenvalue weighted by Gasteiger charge is -2.11. The van der Waals surface area contributed by atoms with Gasteiger partial charge in [-0.25, -0.2) is 4.39 Å². The Morgan fingerprint density at radius 3 is 2.48 bits per heavy atom. The number of aliphatic hydroxyl groups excluding tert-OH is 1. The molecule has 120 valence electrons. The molecule has 0 aromatic heterocycles. The molecule has 1 N–H and O–H groups in total. The van der Waals surface area contributed by atoms with E-state index in [0.29, 0.717) is 5.02 Å². The largest absolute Gasteiger partial charge is 0.385 e. The molecule has 0 radical (unpaired) electrons. The highest BCUT2D eigenvalue weighted by Gasteiger charge is 2.20. The number of benzene rings is 2. The van der Waals surface area contributed by atoms with Crippen molar-refractivity contribution >= 4 is 23.2 Å². The molecule has 0 amide bonds. The number of hydrogen-bond donors (Lipinski definition) is 1. The number of aryl methyl sites for hydroxylation is 1. The van der Waals surface area contributed by atoms with Crippen LogP contribution in [0.3, 0.4) is 0 Å². The lowest BCUT2D eigenvalue weighted by atomic mass is 9.97. The van der Waals surface area contributed by atoms with E-state index in [4.69, 9.17) is 11.6 Å². The summed E-state index contributed by atoms with van der Waals surface area (Å²) in [4.78, 5) is 24.1. The second-order valence-corrected chi connectivity index (χ2v) is 5.80. The van der Waals surface area contributed by atoms with E-state index in [2.05, 4.69) is 0 Å². The van der Waals surface area contributed by atoms with E-state index in [1.165, 1.54) is 12.1 Å². The maximum atomic E-state index is 12.8. The van der Waals surface area contributed by atoms with Crippen LogP contribution in [-0.4, -0.2) is 22.8 Å². The average molecular weight is 335 g/mol. The van der Waals surface area contributed by atoms with Gasteiger partial charge in [0.05, 0.1) is 0 Å². The first-order valence-corrected chi connectivity index (χ1v) is 7.49. The van der Waals surface area contributed by atoms with E-state index < -0.39 is 23.5 Å². The Bertz CT molecular complexity index is 726. The minimum absolute atomic E-state index is 0.00422. The molecule has 23 heavy (non-hydrogen) atoms. The summed E-state index contributed by atoms with van der Waals surface area (Å²) in [5.41, 5.74) is 1.87. The first-order valence-electron chi connectivity index (χ1n) is 7.11. The molecule has 2 rings (SSSR count). The number of aliphatic hydroxyl groups is 1. The van der Waals surface area contributed by atoms with Crippen LogP contribution in [0.4, 0.5) is 4.39 Å². The monoisotopic (exact) mass is 334 g/mol. The summed E-state index contributed by atoms with van der Waals surface area (Å²) < 4.78 is 12.8. The first-order chi connectivity index (χ1) is 10.9. The Morgan fingerprint density at radius 1 is 1.17 bits per heavy atom. The predicted octanol–water partition coefficient (Wildman–Crippen LogP) is 3.53. The molecule has 0 heterocycles. The van der Waals surface area contributed by atoms with Crippen molar-refractivity contribution in [1.29, 1.82) is 0 Å². The van der Waals surface area contributed by atoms with Crippen LogP contribution in [0, 0.1) is 12.7 Å². The van der Waals surface area contributed by atoms with Gasteiger partial charge in [0.15, 0.2) is 11.6 Å². The molecule has 2 aromatic rings. The molecule has 0 bridgehead atoms. The van der Waals surface area contributed by atoms with Crippen molar-refractivity contribution in [2.24, 2.45) is 0 Å². The predicted molar refractivity (Wildman–Crippen MR) is 86.3 cm³/mol. The molecule has 2 aromatic carbocycles. The quantitative estimate of drug-likeness (QED) is 0.822. The molecule has 0 fully saturated rings. The van der Waals surface area contributed by atoms with E-state index in [1.54, 1.807) is 18.2 Å². The fraction of sp³-hybridized carbons (Fsp3) is 0.222. The summed E-state index contributed by atoms with van der Waals surface area (Å²) in [6, 6.07) is 10.2. The summed E-state index contributed by atoms with van der Waals surface area (Å²) in [7, 11) is 0. The SMILES string of the molecule is Cc1ccc(Cl)cc1CC(=O)[C@@H](O)CC(=O)c1ccc(F)cc1. The summed E-state index contributed by atoms with van der Waals surface area (Å²) in [6.45, 7) is 1.84. The number of rotatable bonds is 6. The summed E-state index contributed by atoms with van der Waals surface area (Å²) in [5, 5.41) is 10.5. The summed E-state index contributed by atoms with van der Waals surface area (Å²) >= 11 is 5.90. The first kappa shape index (κ1) is 17.3. The lowest BCUT2D eigenvalue weighted by molar-refractivity contribution is -0.126. The minimum atomic E-state index is -1.40. The van der Waals surface area contributed by atoms with Crippen molar-refractivity contribution in [2.75, 3.05) is 0 Å². The Morgan fingerprint density at radius 2 is 1.83 bits per heavy atom. The Balaban J connectivity index is 2.01. The maximum Gasteiger partial charge on any atom is 0.166 e. The summed E-state index contributed by atoms with van der Waals surface area (Å²) in [5.74, 6) is -1.31. The Kier molecular flexibility index (Phi) is 5.64. The van der Waals surface area contributed by atoms with Gasteiger partial charge < -0.3 is 5.11 Å². The van der Waals surface area contributed by atoms with E-state index in [-0.39, 0.29) is 18.4 Å². The second-order valence-electron chi connectivity index (χ2n) is 5.36. The van der Waals surface area contributed by atoms with Crippen molar-refractivity contribution in [1.82, 2.24) is 0 Å². The van der Waals surface area contributed by atoms with E-state index in [1.807, 2.05) is 6.92 Å². The zero-order valence-electron chi connectivity index (χ0n) is 12.6. The van der Waals surface area contributed by atoms with Crippen molar-refractivity contribution in [3.63, 3.8) is 0 Å². The molecule has 0 aliphatic carbocycles. The van der Waals surface area contributed by atoms with Crippen molar-refractivity contribution in [2.45, 2.75) is 25.9 Å². The third-order valence-electron chi connectivity index (χ3n) is 3.59. The van der Waals surface area contributed by atoms with Crippen molar-refractivity contribution < 1.29 is 19.1 Å². The molecule has 0 saturated carbocycles. The molecule has 0 saturated heterocycles. The molecule has 1 atom stereocenters. The molecule has 0 aliphatic heterocycles. The zero-order chi connectivity index (χ0) is 17.0. The van der Waals surface area contributed by atoms with Gasteiger partial charge in [0.25, 0.3) is 0 Å². The van der Waals surface area contributed by atoms with Crippen LogP contribution in [0.25, 0.3) is 0 Å². The number of ketones is 2. The molecule has 0 aliphatic rings. The van der Waals surface area contributed by atoms with Crippen LogP contribution < -0.4 is 0 Å². The molecule has 0 spiro atoms. The van der Waals surface area contributed by atoms with Crippen LogP contribution in [0.2, 0.25) is 5.02 Å². The van der Waals surface area contributed by atoms with Gasteiger partial charge in [0.2, 0.25) is 0 Å². The lowest BCUT2D eigenvalue weighted by Crippen LogP contribution is -2.25. The van der Waals surface area contributed by atoms with Gasteiger partial charge in [-0.15, -0.1) is 0 Å². The van der Waals surface area contributed by atoms with Gasteiger partial charge in [-0.1, -0.05) is 17.7 Å². The van der Waals surface area contributed by atoms with Crippen molar-refractivity contribution in [3.8, 4) is 0 Å². The molecular weight excluding hydrogens is 319 g/mol. The maximum absolute atomic E-state index is 12.8. The number of halogens is 2. The molecular formula is C18H16ClFO3. The third kappa shape index (κ3) is 4.71. The Labute approximate surface area is 138 Å². The fourth-order valence-corrected chi connectivity index (χ4v) is 2.37. The van der Waals surface area contributed by atoms with Gasteiger partial charge in [-0.2, -0.15) is 0 Å². The van der Waals surface area contributed by atoms with Crippen LogP contribution in [0.5, 0.6) is 0 Å². The van der Waals surface area contributed by atoms with Crippen LogP contribution in [-0.2, 0) is 11.2 Å². The van der Waals surface area contributed by atoms with E-state index in [0.717, 1.165) is 23.3 Å². The Hall–Kier alpha value is -2.04. The topological polar surface area (TPSA) is 54.4 Å². The van der Waals surface area contributed by atoms with Gasteiger partial charge in [0.1, 0.15) is 11.9 Å². The van der Waals surface area contributed by atoms with Crippen molar-refractivity contribution in [3.05, 3.63) is 70.0 Å². The second kappa shape index (κ2) is 7.49. The number of hydrogen-bond acceptors (Lipinski definition) is 3. The highest BCUT2D eigenvalue weighted by atomic mass is 35.5. The van der Waals surface area contributed by atoms with Crippen LogP contribution in [0.15, 0.2) is 42.5 Å². The minimum Gasteiger partial charge on any atom is -0.385 e. The van der Waals surface area contributed by atoms with Gasteiger partial charge in [0, 0.05) is 23.4 Å².